The number of nitrogens with one attached hydrogen (secondary N) is 1. The third-order valence-electron chi connectivity index (χ3n) is 3.53. The summed E-state index contributed by atoms with van der Waals surface area (Å²) in [6, 6.07) is 11.8. The molecule has 2 aromatic carbocycles. The minimum absolute atomic E-state index is 0.143. The molecule has 0 radical (unpaired) electrons. The monoisotopic (exact) mass is 396 g/mol. The molecule has 1 aromatic heterocycles. The van der Waals surface area contributed by atoms with Crippen molar-refractivity contribution in [3.8, 4) is 0 Å². The van der Waals surface area contributed by atoms with Crippen molar-refractivity contribution in [1.29, 1.82) is 0 Å². The van der Waals surface area contributed by atoms with Gasteiger partial charge in [-0.2, -0.15) is 13.2 Å². The normalized spacial score (nSPS) is 13.4. The predicted octanol–water partition coefficient (Wildman–Crippen LogP) is 1.75. The van der Waals surface area contributed by atoms with Crippen molar-refractivity contribution >= 4 is 43.6 Å². The molecule has 0 aliphatic carbocycles. The molecule has 0 aliphatic rings. The van der Waals surface area contributed by atoms with E-state index in [0.29, 0.717) is 11.4 Å². The zero-order chi connectivity index (χ0) is 18.0. The Labute approximate surface area is 152 Å². The van der Waals surface area contributed by atoms with E-state index >= 15 is 0 Å². The fourth-order valence-corrected chi connectivity index (χ4v) is 4.62. The van der Waals surface area contributed by atoms with Gasteiger partial charge in [-0.3, -0.25) is 0 Å². The summed E-state index contributed by atoms with van der Waals surface area (Å²) >= 11 is 1.15. The molecule has 1 N–H and O–H groups in total. The van der Waals surface area contributed by atoms with Crippen molar-refractivity contribution in [2.75, 3.05) is 13.3 Å². The lowest BCUT2D eigenvalue weighted by Crippen LogP contribution is -2.36. The average Bonchev–Trinajstić information content (AvgIpc) is 3.06. The Morgan fingerprint density at radius 3 is 2.64 bits per heavy atom. The third-order valence-corrected chi connectivity index (χ3v) is 6.57. The van der Waals surface area contributed by atoms with Gasteiger partial charge in [-0.1, -0.05) is 12.1 Å². The van der Waals surface area contributed by atoms with Crippen molar-refractivity contribution < 1.29 is 12.6 Å². The number of benzene rings is 2. The molecule has 1 heterocycles. The standard InChI is InChI=1S/C15H16N4O3S3/c1-16-19(10-11-6-7-14-15(8-11)18-23-17-14)24(20)12-4-3-5-13(9-12)25(2,21)22/h3-9,16H,10H2,1-2H3. The van der Waals surface area contributed by atoms with Gasteiger partial charge in [-0.15, -0.1) is 0 Å². The van der Waals surface area contributed by atoms with Crippen LogP contribution in [0, 0.1) is 0 Å². The summed E-state index contributed by atoms with van der Waals surface area (Å²) < 4.78 is 46.1. The van der Waals surface area contributed by atoms with Crippen LogP contribution in [-0.4, -0.2) is 39.1 Å². The molecule has 0 aliphatic heterocycles. The fourth-order valence-electron chi connectivity index (χ4n) is 2.25. The summed E-state index contributed by atoms with van der Waals surface area (Å²) in [6.07, 6.45) is 1.13. The van der Waals surface area contributed by atoms with Gasteiger partial charge in [0.1, 0.15) is 22.0 Å². The van der Waals surface area contributed by atoms with Crippen LogP contribution in [0.1, 0.15) is 5.56 Å². The minimum Gasteiger partial charge on any atom is -0.246 e. The maximum Gasteiger partial charge on any atom is 0.175 e. The predicted molar refractivity (Wildman–Crippen MR) is 98.0 cm³/mol. The Bertz CT molecular complexity index is 1030. The Balaban J connectivity index is 1.86. The van der Waals surface area contributed by atoms with E-state index in [2.05, 4.69) is 14.2 Å². The van der Waals surface area contributed by atoms with Gasteiger partial charge >= 0.3 is 0 Å². The minimum atomic E-state index is -3.36. The molecule has 0 spiro atoms. The van der Waals surface area contributed by atoms with E-state index in [4.69, 9.17) is 0 Å². The maximum atomic E-state index is 12.8. The molecular formula is C15H16N4O3S3. The van der Waals surface area contributed by atoms with Gasteiger partial charge in [0.05, 0.1) is 28.1 Å². The highest BCUT2D eigenvalue weighted by atomic mass is 32.2. The number of hydrogen-bond acceptors (Lipinski definition) is 7. The first-order chi connectivity index (χ1) is 11.9. The summed E-state index contributed by atoms with van der Waals surface area (Å²) in [7, 11) is -3.25. The number of hydrogen-bond donors (Lipinski definition) is 1. The van der Waals surface area contributed by atoms with E-state index in [0.717, 1.165) is 34.6 Å². The molecular weight excluding hydrogens is 380 g/mol. The first-order valence-corrected chi connectivity index (χ1v) is 11.0. The van der Waals surface area contributed by atoms with Gasteiger partial charge < -0.3 is 0 Å². The summed E-state index contributed by atoms with van der Waals surface area (Å²) in [4.78, 5) is 0.554. The number of sulfone groups is 1. The molecule has 0 bridgehead atoms. The van der Waals surface area contributed by atoms with Crippen LogP contribution in [0.3, 0.4) is 0 Å². The quantitative estimate of drug-likeness (QED) is 0.638. The SMILES string of the molecule is CNN(Cc1ccc2nsnc2c1)S(=O)c1cccc(S(C)(=O)=O)c1. The second-order valence-corrected chi connectivity index (χ2v) is 9.30. The van der Waals surface area contributed by atoms with Crippen molar-refractivity contribution in [1.82, 2.24) is 18.6 Å². The van der Waals surface area contributed by atoms with Crippen LogP contribution in [0.5, 0.6) is 0 Å². The molecule has 3 rings (SSSR count). The van der Waals surface area contributed by atoms with E-state index in [1.165, 1.54) is 16.5 Å². The molecule has 1 atom stereocenters. The van der Waals surface area contributed by atoms with Crippen molar-refractivity contribution in [3.63, 3.8) is 0 Å². The topological polar surface area (TPSA) is 92.3 Å². The lowest BCUT2D eigenvalue weighted by atomic mass is 10.2. The second-order valence-electron chi connectivity index (χ2n) is 5.34. The highest BCUT2D eigenvalue weighted by Crippen LogP contribution is 2.19. The smallest absolute Gasteiger partial charge is 0.175 e. The first kappa shape index (κ1) is 18.1. The van der Waals surface area contributed by atoms with Crippen LogP contribution in [0.25, 0.3) is 11.0 Å². The van der Waals surface area contributed by atoms with E-state index < -0.39 is 20.8 Å². The van der Waals surface area contributed by atoms with Gasteiger partial charge in [0.15, 0.2) is 9.84 Å². The largest absolute Gasteiger partial charge is 0.246 e. The van der Waals surface area contributed by atoms with Crippen LogP contribution < -0.4 is 5.43 Å². The zero-order valence-corrected chi connectivity index (χ0v) is 16.0. The second kappa shape index (κ2) is 7.26. The molecule has 0 amide bonds. The number of hydrazine groups is 1. The molecule has 10 heteroatoms. The van der Waals surface area contributed by atoms with Crippen LogP contribution in [-0.2, 0) is 27.4 Å². The van der Waals surface area contributed by atoms with E-state index in [-0.39, 0.29) is 4.90 Å². The van der Waals surface area contributed by atoms with Gasteiger partial charge in [0, 0.05) is 6.26 Å². The van der Waals surface area contributed by atoms with Gasteiger partial charge in [-0.25, -0.2) is 18.1 Å². The number of nitrogens with zero attached hydrogens (tertiary/aromatic N) is 3. The maximum absolute atomic E-state index is 12.8. The van der Waals surface area contributed by atoms with Crippen LogP contribution in [0.15, 0.2) is 52.3 Å². The Morgan fingerprint density at radius 1 is 1.16 bits per heavy atom. The molecule has 3 aromatic rings. The first-order valence-electron chi connectivity index (χ1n) is 7.26. The zero-order valence-electron chi connectivity index (χ0n) is 13.5. The molecule has 25 heavy (non-hydrogen) atoms. The van der Waals surface area contributed by atoms with Crippen LogP contribution in [0.4, 0.5) is 0 Å². The van der Waals surface area contributed by atoms with Crippen LogP contribution >= 0.6 is 11.7 Å². The van der Waals surface area contributed by atoms with Crippen molar-refractivity contribution in [2.24, 2.45) is 0 Å². The lowest BCUT2D eigenvalue weighted by molar-refractivity contribution is 0.362. The highest BCUT2D eigenvalue weighted by molar-refractivity contribution is 7.90. The third kappa shape index (κ3) is 4.10. The van der Waals surface area contributed by atoms with Gasteiger partial charge in [-0.05, 0) is 42.9 Å². The number of fused-ring (bicyclic) bond motifs is 1. The molecule has 0 fully saturated rings. The average molecular weight is 397 g/mol. The highest BCUT2D eigenvalue weighted by Gasteiger charge is 2.17. The van der Waals surface area contributed by atoms with E-state index in [1.54, 1.807) is 19.2 Å². The lowest BCUT2D eigenvalue weighted by Gasteiger charge is -2.20. The fraction of sp³-hybridized carbons (Fsp3) is 0.200. The van der Waals surface area contributed by atoms with Gasteiger partial charge in [0.2, 0.25) is 0 Å². The molecule has 7 nitrogen and oxygen atoms in total. The molecule has 132 valence electrons. The van der Waals surface area contributed by atoms with Crippen molar-refractivity contribution in [2.45, 2.75) is 16.3 Å². The summed E-state index contributed by atoms with van der Waals surface area (Å²) in [5.74, 6) is 0. The Morgan fingerprint density at radius 2 is 1.92 bits per heavy atom. The molecule has 1 unspecified atom stereocenters. The molecule has 0 saturated carbocycles. The number of rotatable bonds is 6. The number of aromatic nitrogens is 2. The molecule has 0 saturated heterocycles. The van der Waals surface area contributed by atoms with E-state index in [1.807, 2.05) is 18.2 Å². The van der Waals surface area contributed by atoms with Gasteiger partial charge in [0.25, 0.3) is 0 Å². The Hall–Kier alpha value is -1.72. The summed E-state index contributed by atoms with van der Waals surface area (Å²) in [5.41, 5.74) is 5.44. The van der Waals surface area contributed by atoms with E-state index in [9.17, 15) is 12.6 Å². The Kier molecular flexibility index (Phi) is 5.25. The summed E-state index contributed by atoms with van der Waals surface area (Å²) in [5, 5.41) is 0. The van der Waals surface area contributed by atoms with Crippen molar-refractivity contribution in [3.05, 3.63) is 48.0 Å². The summed E-state index contributed by atoms with van der Waals surface area (Å²) in [6.45, 7) is 0.361. The van der Waals surface area contributed by atoms with Crippen LogP contribution in [0.2, 0.25) is 0 Å².